The van der Waals surface area contributed by atoms with E-state index in [0.29, 0.717) is 31.3 Å². The van der Waals surface area contributed by atoms with E-state index in [0.717, 1.165) is 44.3 Å². The normalized spacial score (nSPS) is 15.1. The van der Waals surface area contributed by atoms with Gasteiger partial charge in [0.25, 0.3) is 5.91 Å². The first-order valence-electron chi connectivity index (χ1n) is 10.2. The number of aryl methyl sites for hydroxylation is 3. The van der Waals surface area contributed by atoms with Crippen molar-refractivity contribution in [3.63, 3.8) is 0 Å². The van der Waals surface area contributed by atoms with E-state index in [1.54, 1.807) is 11.3 Å². The average molecular weight is 454 g/mol. The lowest BCUT2D eigenvalue weighted by atomic mass is 10.1. The zero-order chi connectivity index (χ0) is 21.5. The highest BCUT2D eigenvalue weighted by molar-refractivity contribution is 7.20. The largest absolute Gasteiger partial charge is 0.338 e. The molecule has 0 aromatic carbocycles. The summed E-state index contributed by atoms with van der Waals surface area (Å²) < 4.78 is 5.42. The van der Waals surface area contributed by atoms with Crippen LogP contribution in [0, 0.1) is 20.8 Å². The molecule has 1 amide bonds. The Kier molecular flexibility index (Phi) is 5.33. The van der Waals surface area contributed by atoms with Crippen molar-refractivity contribution in [2.75, 3.05) is 26.2 Å². The molecular weight excluding hydrogens is 430 g/mol. The van der Waals surface area contributed by atoms with Crippen LogP contribution in [0.2, 0.25) is 0 Å². The summed E-state index contributed by atoms with van der Waals surface area (Å²) in [5.74, 6) is 1.36. The molecule has 5 rings (SSSR count). The molecule has 0 N–H and O–H groups in total. The topological polar surface area (TPSA) is 75.4 Å². The Bertz CT molecular complexity index is 1240. The summed E-state index contributed by atoms with van der Waals surface area (Å²) in [5.41, 5.74) is 3.22. The summed E-state index contributed by atoms with van der Waals surface area (Å²) in [6, 6.07) is 6.04. The second-order valence-electron chi connectivity index (χ2n) is 7.87. The van der Waals surface area contributed by atoms with Gasteiger partial charge in [-0.2, -0.15) is 4.98 Å². The Balaban J connectivity index is 1.24. The molecule has 4 aromatic rings. The minimum absolute atomic E-state index is 0.106. The van der Waals surface area contributed by atoms with Gasteiger partial charge in [-0.15, -0.1) is 22.7 Å². The zero-order valence-corrected chi connectivity index (χ0v) is 19.3. The summed E-state index contributed by atoms with van der Waals surface area (Å²) >= 11 is 3.11. The molecule has 0 radical (unpaired) electrons. The maximum Gasteiger partial charge on any atom is 0.264 e. The number of aromatic nitrogens is 3. The Labute approximate surface area is 188 Å². The van der Waals surface area contributed by atoms with E-state index >= 15 is 0 Å². The fourth-order valence-electron chi connectivity index (χ4n) is 4.09. The van der Waals surface area contributed by atoms with Gasteiger partial charge >= 0.3 is 0 Å². The molecule has 0 unspecified atom stereocenters. The Morgan fingerprint density at radius 1 is 1.16 bits per heavy atom. The van der Waals surface area contributed by atoms with Crippen molar-refractivity contribution in [2.24, 2.45) is 0 Å². The second kappa shape index (κ2) is 8.14. The standard InChI is InChI=1S/C22H23N5O2S2/c1-13-11-14(2)23-21-18(13)15(3)19(31-21)22(28)27-8-6-26(7-9-27)12-17-24-20(25-29-17)16-5-4-10-30-16/h4-5,10-11H,6-9,12H2,1-3H3. The molecular formula is C22H23N5O2S2. The molecule has 31 heavy (non-hydrogen) atoms. The Morgan fingerprint density at radius 2 is 1.97 bits per heavy atom. The first kappa shape index (κ1) is 20.3. The molecule has 0 atom stereocenters. The van der Waals surface area contributed by atoms with Crippen LogP contribution in [0.4, 0.5) is 0 Å². The number of carbonyl (C=O) groups excluding carboxylic acids is 1. The van der Waals surface area contributed by atoms with Crippen LogP contribution in [0.3, 0.4) is 0 Å². The Hall–Kier alpha value is -2.62. The summed E-state index contributed by atoms with van der Waals surface area (Å²) in [6.07, 6.45) is 0. The summed E-state index contributed by atoms with van der Waals surface area (Å²) in [4.78, 5) is 29.3. The van der Waals surface area contributed by atoms with Crippen molar-refractivity contribution in [2.45, 2.75) is 27.3 Å². The van der Waals surface area contributed by atoms with Crippen LogP contribution in [-0.2, 0) is 6.54 Å². The molecule has 0 saturated carbocycles. The number of fused-ring (bicyclic) bond motifs is 1. The summed E-state index contributed by atoms with van der Waals surface area (Å²) in [6.45, 7) is 9.65. The van der Waals surface area contributed by atoms with Crippen LogP contribution >= 0.6 is 22.7 Å². The fraction of sp³-hybridized carbons (Fsp3) is 0.364. The lowest BCUT2D eigenvalue weighted by Crippen LogP contribution is -2.48. The van der Waals surface area contributed by atoms with Crippen molar-refractivity contribution in [1.29, 1.82) is 0 Å². The molecule has 1 aliphatic heterocycles. The summed E-state index contributed by atoms with van der Waals surface area (Å²) in [5, 5.41) is 7.20. The van der Waals surface area contributed by atoms with E-state index in [2.05, 4.69) is 33.0 Å². The quantitative estimate of drug-likeness (QED) is 0.459. The van der Waals surface area contributed by atoms with Gasteiger partial charge in [0.1, 0.15) is 4.83 Å². The van der Waals surface area contributed by atoms with Gasteiger partial charge in [-0.1, -0.05) is 11.2 Å². The smallest absolute Gasteiger partial charge is 0.264 e. The third-order valence-corrected chi connectivity index (χ3v) is 7.69. The molecule has 1 saturated heterocycles. The van der Waals surface area contributed by atoms with E-state index in [1.807, 2.05) is 36.3 Å². The van der Waals surface area contributed by atoms with E-state index in [9.17, 15) is 4.79 Å². The Morgan fingerprint density at radius 3 is 2.71 bits per heavy atom. The van der Waals surface area contributed by atoms with Crippen LogP contribution in [0.5, 0.6) is 0 Å². The molecule has 7 nitrogen and oxygen atoms in total. The number of amides is 1. The van der Waals surface area contributed by atoms with Gasteiger partial charge in [-0.25, -0.2) is 4.98 Å². The lowest BCUT2D eigenvalue weighted by molar-refractivity contribution is 0.0619. The molecule has 0 aliphatic carbocycles. The van der Waals surface area contributed by atoms with Gasteiger partial charge in [-0.05, 0) is 49.4 Å². The zero-order valence-electron chi connectivity index (χ0n) is 17.7. The number of thiophene rings is 2. The van der Waals surface area contributed by atoms with Gasteiger partial charge in [0.2, 0.25) is 11.7 Å². The number of piperazine rings is 1. The second-order valence-corrected chi connectivity index (χ2v) is 9.82. The van der Waals surface area contributed by atoms with Crippen molar-refractivity contribution < 1.29 is 9.32 Å². The van der Waals surface area contributed by atoms with Crippen molar-refractivity contribution in [3.05, 3.63) is 51.2 Å². The molecule has 4 aromatic heterocycles. The van der Waals surface area contributed by atoms with Gasteiger partial charge in [0, 0.05) is 37.3 Å². The lowest BCUT2D eigenvalue weighted by Gasteiger charge is -2.33. The van der Waals surface area contributed by atoms with E-state index in [1.165, 1.54) is 16.9 Å². The third-order valence-electron chi connectivity index (χ3n) is 5.65. The number of hydrogen-bond acceptors (Lipinski definition) is 8. The summed E-state index contributed by atoms with van der Waals surface area (Å²) in [7, 11) is 0. The number of nitrogens with zero attached hydrogens (tertiary/aromatic N) is 5. The van der Waals surface area contributed by atoms with Crippen LogP contribution in [-0.4, -0.2) is 57.0 Å². The van der Waals surface area contributed by atoms with E-state index in [-0.39, 0.29) is 5.91 Å². The fourth-order valence-corrected chi connectivity index (χ4v) is 6.01. The molecule has 1 fully saturated rings. The molecule has 160 valence electrons. The number of hydrogen-bond donors (Lipinski definition) is 0. The first-order chi connectivity index (χ1) is 15.0. The van der Waals surface area contributed by atoms with Crippen LogP contribution < -0.4 is 0 Å². The van der Waals surface area contributed by atoms with Crippen LogP contribution in [0.15, 0.2) is 28.1 Å². The SMILES string of the molecule is Cc1cc(C)c2c(C)c(C(=O)N3CCN(Cc4nc(-c5cccs5)no4)CC3)sc2n1. The highest BCUT2D eigenvalue weighted by atomic mass is 32.1. The predicted octanol–water partition coefficient (Wildman–Crippen LogP) is 4.29. The molecule has 5 heterocycles. The number of pyridine rings is 1. The van der Waals surface area contributed by atoms with E-state index in [4.69, 9.17) is 4.52 Å². The van der Waals surface area contributed by atoms with Crippen molar-refractivity contribution >= 4 is 38.8 Å². The molecule has 0 spiro atoms. The van der Waals surface area contributed by atoms with Crippen LogP contribution in [0.25, 0.3) is 20.9 Å². The van der Waals surface area contributed by atoms with Crippen LogP contribution in [0.1, 0.15) is 32.4 Å². The van der Waals surface area contributed by atoms with Gasteiger partial charge in [-0.3, -0.25) is 9.69 Å². The highest BCUT2D eigenvalue weighted by Crippen LogP contribution is 2.33. The molecule has 1 aliphatic rings. The van der Waals surface area contributed by atoms with Gasteiger partial charge in [0.15, 0.2) is 0 Å². The number of carbonyl (C=O) groups is 1. The van der Waals surface area contributed by atoms with Gasteiger partial charge in [0.05, 0.1) is 16.3 Å². The minimum Gasteiger partial charge on any atom is -0.338 e. The minimum atomic E-state index is 0.106. The third kappa shape index (κ3) is 3.88. The molecule has 9 heteroatoms. The maximum atomic E-state index is 13.2. The predicted molar refractivity (Wildman–Crippen MR) is 123 cm³/mol. The van der Waals surface area contributed by atoms with Gasteiger partial charge < -0.3 is 9.42 Å². The number of rotatable bonds is 4. The van der Waals surface area contributed by atoms with E-state index < -0.39 is 0 Å². The monoisotopic (exact) mass is 453 g/mol. The van der Waals surface area contributed by atoms with Crippen molar-refractivity contribution in [1.82, 2.24) is 24.9 Å². The maximum absolute atomic E-state index is 13.2. The highest BCUT2D eigenvalue weighted by Gasteiger charge is 2.27. The average Bonchev–Trinajstić information content (AvgIpc) is 3.48. The van der Waals surface area contributed by atoms with Crippen molar-refractivity contribution in [3.8, 4) is 10.7 Å². The molecule has 0 bridgehead atoms. The first-order valence-corrected chi connectivity index (χ1v) is 11.9.